The van der Waals surface area contributed by atoms with Crippen molar-refractivity contribution in [1.82, 2.24) is 9.13 Å². The Hall–Kier alpha value is -4.06. The van der Waals surface area contributed by atoms with Gasteiger partial charge in [0.05, 0.1) is 12.2 Å². The molecule has 198 valence electrons. The molecule has 38 heavy (non-hydrogen) atoms. The van der Waals surface area contributed by atoms with Gasteiger partial charge in [-0.25, -0.2) is 9.59 Å². The van der Waals surface area contributed by atoms with Crippen LogP contribution in [0.15, 0.2) is 89.9 Å². The summed E-state index contributed by atoms with van der Waals surface area (Å²) in [6, 6.07) is 24.2. The lowest BCUT2D eigenvalue weighted by atomic mass is 9.87. The first-order valence-electron chi connectivity index (χ1n) is 13.1. The minimum absolute atomic E-state index is 0.0491. The Morgan fingerprint density at radius 1 is 0.947 bits per heavy atom. The standard InChI is InChI=1S/C32H36N2O4/c1-5-6-15-28(30(35)36)34-29(22-33(31(34)37)21-23-11-8-7-9-12-23)24-13-10-14-27(20-24)38-26-18-16-25(17-19-26)32(2,3)4/h7-14,16-20,22,28H,5-6,15,21H2,1-4H3,(H,35,36)/t28-/m0/s1. The molecule has 0 amide bonds. The lowest BCUT2D eigenvalue weighted by Crippen LogP contribution is -2.32. The van der Waals surface area contributed by atoms with E-state index in [2.05, 4.69) is 32.9 Å². The van der Waals surface area contributed by atoms with Crippen molar-refractivity contribution in [2.24, 2.45) is 0 Å². The summed E-state index contributed by atoms with van der Waals surface area (Å²) >= 11 is 0. The number of carbonyl (C=O) groups is 1. The van der Waals surface area contributed by atoms with Crippen LogP contribution >= 0.6 is 0 Å². The number of benzene rings is 3. The third kappa shape index (κ3) is 6.25. The van der Waals surface area contributed by atoms with Crippen LogP contribution in [0.1, 0.15) is 64.1 Å². The number of aliphatic carboxylic acids is 1. The molecule has 1 atom stereocenters. The predicted molar refractivity (Wildman–Crippen MR) is 151 cm³/mol. The largest absolute Gasteiger partial charge is 0.480 e. The number of nitrogens with zero attached hydrogens (tertiary/aromatic N) is 2. The SMILES string of the molecule is CCCC[C@@H](C(=O)O)n1c(-c2cccc(Oc3ccc(C(C)(C)C)cc3)c2)cn(Cc2ccccc2)c1=O. The van der Waals surface area contributed by atoms with E-state index in [1.165, 1.54) is 10.1 Å². The highest BCUT2D eigenvalue weighted by atomic mass is 16.5. The first-order valence-corrected chi connectivity index (χ1v) is 13.1. The van der Waals surface area contributed by atoms with Gasteiger partial charge >= 0.3 is 11.7 Å². The van der Waals surface area contributed by atoms with E-state index in [0.29, 0.717) is 36.6 Å². The number of rotatable bonds is 10. The Morgan fingerprint density at radius 3 is 2.29 bits per heavy atom. The Labute approximate surface area is 224 Å². The van der Waals surface area contributed by atoms with Gasteiger partial charge < -0.3 is 9.84 Å². The van der Waals surface area contributed by atoms with Crippen LogP contribution in [-0.2, 0) is 16.8 Å². The fourth-order valence-corrected chi connectivity index (χ4v) is 4.55. The average molecular weight is 513 g/mol. The number of carboxylic acid groups (broad SMARTS) is 1. The second-order valence-corrected chi connectivity index (χ2v) is 10.7. The smallest absolute Gasteiger partial charge is 0.329 e. The van der Waals surface area contributed by atoms with Gasteiger partial charge in [-0.2, -0.15) is 0 Å². The Balaban J connectivity index is 1.73. The topological polar surface area (TPSA) is 73.5 Å². The molecule has 0 fully saturated rings. The molecule has 4 rings (SSSR count). The van der Waals surface area contributed by atoms with Crippen molar-refractivity contribution in [2.75, 3.05) is 0 Å². The molecule has 1 N–H and O–H groups in total. The van der Waals surface area contributed by atoms with E-state index in [0.717, 1.165) is 17.5 Å². The van der Waals surface area contributed by atoms with Gasteiger partial charge in [0.15, 0.2) is 0 Å². The fraction of sp³-hybridized carbons (Fsp3) is 0.312. The van der Waals surface area contributed by atoms with E-state index in [-0.39, 0.29) is 11.1 Å². The number of unbranched alkanes of at least 4 members (excludes halogenated alkanes) is 1. The summed E-state index contributed by atoms with van der Waals surface area (Å²) in [6.07, 6.45) is 3.69. The molecule has 0 unspecified atom stereocenters. The minimum atomic E-state index is -1.01. The Bertz CT molecular complexity index is 1430. The molecule has 1 heterocycles. The number of carboxylic acids is 1. The maximum absolute atomic E-state index is 13.6. The van der Waals surface area contributed by atoms with Gasteiger partial charge in [0.25, 0.3) is 0 Å². The molecule has 0 spiro atoms. The molecule has 0 aliphatic carbocycles. The van der Waals surface area contributed by atoms with Gasteiger partial charge in [-0.15, -0.1) is 0 Å². The zero-order valence-corrected chi connectivity index (χ0v) is 22.6. The summed E-state index contributed by atoms with van der Waals surface area (Å²) < 4.78 is 9.16. The van der Waals surface area contributed by atoms with E-state index < -0.39 is 12.0 Å². The molecule has 0 aliphatic rings. The normalized spacial score (nSPS) is 12.3. The first kappa shape index (κ1) is 27.0. The van der Waals surface area contributed by atoms with Crippen LogP contribution in [0.2, 0.25) is 0 Å². The lowest BCUT2D eigenvalue weighted by molar-refractivity contribution is -0.141. The highest BCUT2D eigenvalue weighted by Gasteiger charge is 2.26. The molecule has 0 saturated carbocycles. The highest BCUT2D eigenvalue weighted by molar-refractivity contribution is 5.74. The van der Waals surface area contributed by atoms with Crippen molar-refractivity contribution in [3.8, 4) is 22.8 Å². The lowest BCUT2D eigenvalue weighted by Gasteiger charge is -2.19. The molecule has 1 aromatic heterocycles. The Kier molecular flexibility index (Phi) is 8.20. The first-order chi connectivity index (χ1) is 18.2. The summed E-state index contributed by atoms with van der Waals surface area (Å²) in [5, 5.41) is 10.1. The second-order valence-electron chi connectivity index (χ2n) is 10.7. The molecular weight excluding hydrogens is 476 g/mol. The summed E-state index contributed by atoms with van der Waals surface area (Å²) in [5.74, 6) is 0.312. The van der Waals surface area contributed by atoms with Crippen molar-refractivity contribution >= 4 is 5.97 Å². The number of imidazole rings is 1. The van der Waals surface area contributed by atoms with Crippen LogP contribution in [0.5, 0.6) is 11.5 Å². The van der Waals surface area contributed by atoms with E-state index >= 15 is 0 Å². The molecule has 0 aliphatic heterocycles. The van der Waals surface area contributed by atoms with Crippen molar-refractivity contribution in [3.05, 3.63) is 107 Å². The van der Waals surface area contributed by atoms with Gasteiger partial charge in [-0.05, 0) is 47.2 Å². The van der Waals surface area contributed by atoms with Gasteiger partial charge in [0.2, 0.25) is 0 Å². The number of aromatic nitrogens is 2. The molecular formula is C32H36N2O4. The fourth-order valence-electron chi connectivity index (χ4n) is 4.55. The molecule has 0 bridgehead atoms. The van der Waals surface area contributed by atoms with Gasteiger partial charge in [-0.1, -0.05) is 95.1 Å². The van der Waals surface area contributed by atoms with E-state index in [4.69, 9.17) is 4.74 Å². The third-order valence-corrected chi connectivity index (χ3v) is 6.70. The van der Waals surface area contributed by atoms with Gasteiger partial charge in [0.1, 0.15) is 17.5 Å². The third-order valence-electron chi connectivity index (χ3n) is 6.70. The van der Waals surface area contributed by atoms with Crippen LogP contribution in [0.3, 0.4) is 0 Å². The zero-order chi connectivity index (χ0) is 27.3. The maximum Gasteiger partial charge on any atom is 0.329 e. The van der Waals surface area contributed by atoms with E-state index in [1.807, 2.05) is 73.7 Å². The number of hydrogen-bond acceptors (Lipinski definition) is 3. The van der Waals surface area contributed by atoms with Crippen LogP contribution in [0, 0.1) is 0 Å². The highest BCUT2D eigenvalue weighted by Crippen LogP contribution is 2.31. The summed E-state index contributed by atoms with van der Waals surface area (Å²) in [7, 11) is 0. The molecule has 3 aromatic carbocycles. The zero-order valence-electron chi connectivity index (χ0n) is 22.6. The molecule has 4 aromatic rings. The van der Waals surface area contributed by atoms with Crippen molar-refractivity contribution in [3.63, 3.8) is 0 Å². The quantitative estimate of drug-likeness (QED) is 0.242. The maximum atomic E-state index is 13.6. The van der Waals surface area contributed by atoms with Crippen LogP contribution in [0.25, 0.3) is 11.3 Å². The average Bonchev–Trinajstić information content (AvgIpc) is 3.20. The summed E-state index contributed by atoms with van der Waals surface area (Å²) in [6.45, 7) is 8.87. The van der Waals surface area contributed by atoms with E-state index in [1.54, 1.807) is 10.8 Å². The van der Waals surface area contributed by atoms with Crippen LogP contribution < -0.4 is 10.4 Å². The Morgan fingerprint density at radius 2 is 1.66 bits per heavy atom. The van der Waals surface area contributed by atoms with Crippen molar-refractivity contribution < 1.29 is 14.6 Å². The molecule has 6 heteroatoms. The predicted octanol–water partition coefficient (Wildman–Crippen LogP) is 7.27. The minimum Gasteiger partial charge on any atom is -0.480 e. The number of hydrogen-bond donors (Lipinski definition) is 1. The van der Waals surface area contributed by atoms with Gasteiger partial charge in [0, 0.05) is 11.8 Å². The molecule has 6 nitrogen and oxygen atoms in total. The van der Waals surface area contributed by atoms with Crippen molar-refractivity contribution in [1.29, 1.82) is 0 Å². The van der Waals surface area contributed by atoms with Crippen LogP contribution in [0.4, 0.5) is 0 Å². The van der Waals surface area contributed by atoms with E-state index in [9.17, 15) is 14.7 Å². The monoisotopic (exact) mass is 512 g/mol. The molecule has 0 radical (unpaired) electrons. The summed E-state index contributed by atoms with van der Waals surface area (Å²) in [5.41, 5.74) is 3.18. The van der Waals surface area contributed by atoms with Crippen LogP contribution in [-0.4, -0.2) is 20.2 Å². The number of ether oxygens (including phenoxy) is 1. The van der Waals surface area contributed by atoms with Gasteiger partial charge in [-0.3, -0.25) is 9.13 Å². The van der Waals surface area contributed by atoms with Crippen molar-refractivity contribution in [2.45, 2.75) is 65.0 Å². The second kappa shape index (κ2) is 11.5. The summed E-state index contributed by atoms with van der Waals surface area (Å²) in [4.78, 5) is 25.9. The molecule has 0 saturated heterocycles.